The average molecular weight is 472 g/mol. The number of hydrogen-bond acceptors (Lipinski definition) is 4. The van der Waals surface area contributed by atoms with Crippen LogP contribution >= 0.6 is 11.8 Å². The van der Waals surface area contributed by atoms with Crippen molar-refractivity contribution in [1.82, 2.24) is 5.32 Å². The first-order valence-corrected chi connectivity index (χ1v) is 11.6. The van der Waals surface area contributed by atoms with Gasteiger partial charge in [0.05, 0.1) is 17.6 Å². The Kier molecular flexibility index (Phi) is 5.68. The molecule has 0 bridgehead atoms. The number of benzene rings is 2. The Balaban J connectivity index is 1.98. The lowest BCUT2D eigenvalue weighted by atomic mass is 9.62. The molecule has 0 atom stereocenters. The molecule has 2 aromatic carbocycles. The third kappa shape index (κ3) is 3.97. The summed E-state index contributed by atoms with van der Waals surface area (Å²) in [5.74, 6) is -2.30. The minimum Gasteiger partial charge on any atom is -0.496 e. The zero-order valence-electron chi connectivity index (χ0n) is 19.6. The van der Waals surface area contributed by atoms with E-state index in [9.17, 15) is 14.0 Å². The quantitative estimate of drug-likeness (QED) is 0.511. The lowest BCUT2D eigenvalue weighted by molar-refractivity contribution is -0.115. The number of amides is 2. The highest BCUT2D eigenvalue weighted by Gasteiger charge is 2.38. The fourth-order valence-electron chi connectivity index (χ4n) is 4.70. The van der Waals surface area contributed by atoms with Gasteiger partial charge in [-0.15, -0.1) is 0 Å². The largest absolute Gasteiger partial charge is 0.496 e. The minimum atomic E-state index is -0.870. The number of thioether (sulfide) groups is 1. The van der Waals surface area contributed by atoms with E-state index in [1.54, 1.807) is 0 Å². The molecule has 4 nitrogen and oxygen atoms in total. The van der Waals surface area contributed by atoms with E-state index in [0.29, 0.717) is 17.3 Å². The van der Waals surface area contributed by atoms with Gasteiger partial charge >= 0.3 is 0 Å². The van der Waals surface area contributed by atoms with Crippen LogP contribution in [0.25, 0.3) is 17.2 Å². The molecule has 7 heteroatoms. The highest BCUT2D eigenvalue weighted by Crippen LogP contribution is 2.49. The normalized spacial score (nSPS) is 20.1. The molecule has 0 unspecified atom stereocenters. The third-order valence-corrected chi connectivity index (χ3v) is 7.63. The zero-order chi connectivity index (χ0) is 24.3. The van der Waals surface area contributed by atoms with E-state index < -0.39 is 22.8 Å². The van der Waals surface area contributed by atoms with E-state index in [2.05, 4.69) is 39.1 Å². The van der Waals surface area contributed by atoms with Gasteiger partial charge in [-0.2, -0.15) is 0 Å². The molecule has 33 heavy (non-hydrogen) atoms. The van der Waals surface area contributed by atoms with Crippen LogP contribution in [0.3, 0.4) is 0 Å². The Morgan fingerprint density at radius 1 is 1.03 bits per heavy atom. The van der Waals surface area contributed by atoms with Crippen LogP contribution in [0, 0.1) is 18.6 Å². The Morgan fingerprint density at radius 2 is 1.64 bits per heavy atom. The molecule has 0 radical (unpaired) electrons. The first-order chi connectivity index (χ1) is 15.4. The second kappa shape index (κ2) is 7.97. The van der Waals surface area contributed by atoms with E-state index in [-0.39, 0.29) is 32.6 Å². The lowest BCUT2D eigenvalue weighted by Gasteiger charge is -2.42. The number of ether oxygens (including phenoxy) is 1. The molecule has 0 aromatic heterocycles. The maximum Gasteiger partial charge on any atom is 0.290 e. The van der Waals surface area contributed by atoms with Crippen LogP contribution < -0.4 is 10.1 Å². The summed E-state index contributed by atoms with van der Waals surface area (Å²) in [6.07, 6.45) is 3.13. The maximum atomic E-state index is 15.9. The third-order valence-electron chi connectivity index (χ3n) is 6.82. The molecule has 2 aliphatic rings. The summed E-state index contributed by atoms with van der Waals surface area (Å²) in [6.45, 7) is 10.7. The summed E-state index contributed by atoms with van der Waals surface area (Å²) in [5.41, 5.74) is 3.51. The van der Waals surface area contributed by atoms with Gasteiger partial charge in [-0.3, -0.25) is 14.9 Å². The Bertz CT molecular complexity index is 1230. The van der Waals surface area contributed by atoms with Gasteiger partial charge in [0.15, 0.2) is 0 Å². The number of rotatable bonds is 3. The fraction of sp³-hybridized carbons (Fsp3) is 0.385. The van der Waals surface area contributed by atoms with Crippen molar-refractivity contribution in [3.05, 3.63) is 57.0 Å². The molecular weight excluding hydrogens is 444 g/mol. The van der Waals surface area contributed by atoms with Crippen molar-refractivity contribution in [3.8, 4) is 16.9 Å². The van der Waals surface area contributed by atoms with Gasteiger partial charge in [-0.1, -0.05) is 33.8 Å². The van der Waals surface area contributed by atoms with Gasteiger partial charge in [-0.25, -0.2) is 8.78 Å². The minimum absolute atomic E-state index is 0.00521. The summed E-state index contributed by atoms with van der Waals surface area (Å²) in [4.78, 5) is 23.4. The van der Waals surface area contributed by atoms with Crippen molar-refractivity contribution in [3.63, 3.8) is 0 Å². The van der Waals surface area contributed by atoms with Gasteiger partial charge in [0, 0.05) is 11.6 Å². The van der Waals surface area contributed by atoms with Gasteiger partial charge in [-0.05, 0) is 76.8 Å². The van der Waals surface area contributed by atoms with Crippen LogP contribution in [-0.2, 0) is 15.6 Å². The molecule has 1 aliphatic carbocycles. The molecule has 1 heterocycles. The highest BCUT2D eigenvalue weighted by molar-refractivity contribution is 8.18. The van der Waals surface area contributed by atoms with Crippen molar-refractivity contribution < 1.29 is 23.1 Å². The Hall–Kier alpha value is -2.67. The molecule has 1 aliphatic heterocycles. The molecule has 174 valence electrons. The van der Waals surface area contributed by atoms with Crippen molar-refractivity contribution >= 4 is 29.0 Å². The summed E-state index contributed by atoms with van der Waals surface area (Å²) < 4.78 is 36.2. The number of halogens is 2. The number of nitrogens with one attached hydrogen (secondary N) is 1. The van der Waals surface area contributed by atoms with E-state index in [1.165, 1.54) is 12.7 Å². The number of hydrogen-bond donors (Lipinski definition) is 1. The zero-order valence-corrected chi connectivity index (χ0v) is 20.4. The SMILES string of the molecule is COc1cc(F)c(/C=C2/SC(=O)NC2=O)c(F)c1-c1cc2c(cc1C)C(C)(C)CCC2(C)C. The lowest BCUT2D eigenvalue weighted by Crippen LogP contribution is -2.34. The topological polar surface area (TPSA) is 55.4 Å². The van der Waals surface area contributed by atoms with Crippen LogP contribution in [0.15, 0.2) is 23.1 Å². The number of imide groups is 1. The first-order valence-electron chi connectivity index (χ1n) is 10.8. The highest BCUT2D eigenvalue weighted by atomic mass is 32.2. The van der Waals surface area contributed by atoms with Crippen LogP contribution in [0.4, 0.5) is 13.6 Å². The molecule has 0 saturated carbocycles. The van der Waals surface area contributed by atoms with Crippen molar-refractivity contribution in [1.29, 1.82) is 0 Å². The molecule has 2 aromatic rings. The molecule has 0 spiro atoms. The standard InChI is InChI=1S/C26H27F2NO3S/c1-13-9-16-17(26(4,5)8-7-25(16,2)3)10-14(13)21-19(32-6)12-18(27)15(22(21)28)11-20-23(30)29-24(31)33-20/h9-12H,7-8H2,1-6H3,(H,29,30,31)/b20-11+. The van der Waals surface area contributed by atoms with Crippen LogP contribution in [0.5, 0.6) is 5.75 Å². The smallest absolute Gasteiger partial charge is 0.290 e. The fourth-order valence-corrected chi connectivity index (χ4v) is 5.36. The Morgan fingerprint density at radius 3 is 2.18 bits per heavy atom. The van der Waals surface area contributed by atoms with Crippen LogP contribution in [0.2, 0.25) is 0 Å². The maximum absolute atomic E-state index is 15.9. The van der Waals surface area contributed by atoms with E-state index >= 15 is 4.39 Å². The predicted octanol–water partition coefficient (Wildman–Crippen LogP) is 6.62. The predicted molar refractivity (Wildman–Crippen MR) is 127 cm³/mol. The van der Waals surface area contributed by atoms with E-state index in [0.717, 1.165) is 36.1 Å². The van der Waals surface area contributed by atoms with Gasteiger partial charge < -0.3 is 4.74 Å². The molecular formula is C26H27F2NO3S. The number of carbonyl (C=O) groups is 2. The van der Waals surface area contributed by atoms with Crippen LogP contribution in [-0.4, -0.2) is 18.3 Å². The van der Waals surface area contributed by atoms with Crippen molar-refractivity contribution in [2.45, 2.75) is 58.3 Å². The number of carbonyl (C=O) groups excluding carboxylic acids is 2. The van der Waals surface area contributed by atoms with E-state index in [1.807, 2.05) is 13.0 Å². The Labute approximate surface area is 196 Å². The molecule has 1 fully saturated rings. The number of methoxy groups -OCH3 is 1. The van der Waals surface area contributed by atoms with Gasteiger partial charge in [0.25, 0.3) is 11.1 Å². The molecule has 4 rings (SSSR count). The summed E-state index contributed by atoms with van der Waals surface area (Å²) in [6, 6.07) is 5.23. The van der Waals surface area contributed by atoms with Crippen LogP contribution in [0.1, 0.15) is 62.8 Å². The summed E-state index contributed by atoms with van der Waals surface area (Å²) >= 11 is 0.616. The first kappa shape index (κ1) is 23.5. The summed E-state index contributed by atoms with van der Waals surface area (Å²) in [7, 11) is 1.37. The molecule has 1 saturated heterocycles. The summed E-state index contributed by atoms with van der Waals surface area (Å²) in [5, 5.41) is 1.53. The average Bonchev–Trinajstić information content (AvgIpc) is 3.05. The number of aryl methyl sites for hydroxylation is 1. The van der Waals surface area contributed by atoms with Gasteiger partial charge in [0.2, 0.25) is 0 Å². The second-order valence-electron chi connectivity index (χ2n) is 10.00. The second-order valence-corrected chi connectivity index (χ2v) is 11.0. The van der Waals surface area contributed by atoms with Crippen molar-refractivity contribution in [2.24, 2.45) is 0 Å². The van der Waals surface area contributed by atoms with E-state index in [4.69, 9.17) is 4.74 Å². The monoisotopic (exact) mass is 471 g/mol. The molecule has 1 N–H and O–H groups in total. The molecule has 2 amide bonds. The number of fused-ring (bicyclic) bond motifs is 1. The van der Waals surface area contributed by atoms with Crippen molar-refractivity contribution in [2.75, 3.05) is 7.11 Å². The van der Waals surface area contributed by atoms with Gasteiger partial charge in [0.1, 0.15) is 17.4 Å².